The van der Waals surface area contributed by atoms with E-state index in [1.165, 1.54) is 6.92 Å². The topological polar surface area (TPSA) is 82.4 Å². The largest absolute Gasteiger partial charge is 0.369 e. The zero-order valence-corrected chi connectivity index (χ0v) is 13.5. The highest BCUT2D eigenvalue weighted by atomic mass is 35.5. The predicted molar refractivity (Wildman–Crippen MR) is 81.5 cm³/mol. The molecule has 0 spiro atoms. The number of piperidine rings is 1. The summed E-state index contributed by atoms with van der Waals surface area (Å²) in [6.07, 6.45) is 3.48. The summed E-state index contributed by atoms with van der Waals surface area (Å²) in [5.41, 5.74) is 0. The summed E-state index contributed by atoms with van der Waals surface area (Å²) in [7, 11) is 0. The fraction of sp³-hybridized carbons (Fsp3) is 0.800. The molecular formula is C15H22ClN3O3. The van der Waals surface area contributed by atoms with Gasteiger partial charge < -0.3 is 15.0 Å². The van der Waals surface area contributed by atoms with Gasteiger partial charge in [0.05, 0.1) is 18.2 Å². The standard InChI is InChI=1S/C15H21N3O3.ClH/c1-9(19)8-21-13-6-10-5-12(13)17-14(10)15(20)18-4-2-3-11(18)7-16;/h10-14,17H,2-6,8H2,1H3;1H/t10-,11-,12+,13+,14-;/m0./s1. The fourth-order valence-corrected chi connectivity index (χ4v) is 3.88. The maximum atomic E-state index is 12.6. The second-order valence-corrected chi connectivity index (χ2v) is 6.35. The zero-order valence-electron chi connectivity index (χ0n) is 12.7. The molecule has 1 N–H and O–H groups in total. The van der Waals surface area contributed by atoms with Crippen LogP contribution in [0.2, 0.25) is 0 Å². The minimum absolute atomic E-state index is 0. The Bertz CT molecular complexity index is 493. The summed E-state index contributed by atoms with van der Waals surface area (Å²) in [5, 5.41) is 12.5. The Morgan fingerprint density at radius 3 is 2.77 bits per heavy atom. The van der Waals surface area contributed by atoms with Crippen molar-refractivity contribution >= 4 is 24.1 Å². The van der Waals surface area contributed by atoms with E-state index < -0.39 is 0 Å². The molecule has 1 aliphatic carbocycles. The minimum atomic E-state index is -0.261. The molecule has 22 heavy (non-hydrogen) atoms. The van der Waals surface area contributed by atoms with Crippen molar-refractivity contribution < 1.29 is 14.3 Å². The maximum Gasteiger partial charge on any atom is 0.241 e. The van der Waals surface area contributed by atoms with E-state index in [-0.39, 0.29) is 60.9 Å². The van der Waals surface area contributed by atoms with E-state index in [0.717, 1.165) is 25.7 Å². The molecule has 0 aromatic carbocycles. The lowest BCUT2D eigenvalue weighted by Crippen LogP contribution is -2.54. The first-order valence-electron chi connectivity index (χ1n) is 7.67. The number of nitrogens with zero attached hydrogens (tertiary/aromatic N) is 2. The van der Waals surface area contributed by atoms with Crippen molar-refractivity contribution in [2.45, 2.75) is 56.8 Å². The minimum Gasteiger partial charge on any atom is -0.369 e. The molecular weight excluding hydrogens is 306 g/mol. The van der Waals surface area contributed by atoms with Gasteiger partial charge in [0.1, 0.15) is 12.6 Å². The lowest BCUT2D eigenvalue weighted by atomic mass is 9.97. The Balaban J connectivity index is 0.00000176. The highest BCUT2D eigenvalue weighted by molar-refractivity contribution is 5.85. The molecule has 122 valence electrons. The molecule has 2 heterocycles. The molecule has 0 unspecified atom stereocenters. The number of rotatable bonds is 4. The number of likely N-dealkylation sites (tertiary alicyclic amines) is 1. The van der Waals surface area contributed by atoms with E-state index in [1.54, 1.807) is 4.90 Å². The van der Waals surface area contributed by atoms with Gasteiger partial charge in [-0.3, -0.25) is 9.59 Å². The molecule has 3 aliphatic rings. The highest BCUT2D eigenvalue weighted by Crippen LogP contribution is 2.38. The summed E-state index contributed by atoms with van der Waals surface area (Å²) in [4.78, 5) is 25.3. The lowest BCUT2D eigenvalue weighted by molar-refractivity contribution is -0.136. The molecule has 0 aromatic heterocycles. The van der Waals surface area contributed by atoms with Gasteiger partial charge in [0, 0.05) is 12.6 Å². The molecule has 3 fully saturated rings. The van der Waals surface area contributed by atoms with Gasteiger partial charge in [-0.1, -0.05) is 0 Å². The second kappa shape index (κ2) is 6.95. The Morgan fingerprint density at radius 1 is 1.41 bits per heavy atom. The molecule has 2 bridgehead atoms. The van der Waals surface area contributed by atoms with Crippen LogP contribution < -0.4 is 5.32 Å². The van der Waals surface area contributed by atoms with Gasteiger partial charge in [-0.05, 0) is 38.5 Å². The third-order valence-corrected chi connectivity index (χ3v) is 4.86. The smallest absolute Gasteiger partial charge is 0.241 e. The first kappa shape index (κ1) is 17.2. The van der Waals surface area contributed by atoms with Crippen LogP contribution in [0, 0.1) is 17.2 Å². The third kappa shape index (κ3) is 3.12. The van der Waals surface area contributed by atoms with E-state index >= 15 is 0 Å². The van der Waals surface area contributed by atoms with Crippen LogP contribution in [-0.2, 0) is 14.3 Å². The summed E-state index contributed by atoms with van der Waals surface area (Å²) in [5.74, 6) is 0.357. The SMILES string of the molecule is CC(=O)CO[C@@H]1C[C@@H]2C[C@H]1N[C@@H]2C(=O)N1CCC[C@H]1C#N.Cl. The first-order valence-corrected chi connectivity index (χ1v) is 7.67. The number of nitrogens with one attached hydrogen (secondary N) is 1. The molecule has 0 aromatic rings. The third-order valence-electron chi connectivity index (χ3n) is 4.86. The highest BCUT2D eigenvalue weighted by Gasteiger charge is 2.50. The molecule has 1 saturated carbocycles. The lowest BCUT2D eigenvalue weighted by Gasteiger charge is -2.32. The van der Waals surface area contributed by atoms with Gasteiger partial charge in [0.25, 0.3) is 0 Å². The van der Waals surface area contributed by atoms with Crippen LogP contribution in [0.4, 0.5) is 0 Å². The number of ether oxygens (including phenoxy) is 1. The number of carbonyl (C=O) groups is 2. The van der Waals surface area contributed by atoms with Gasteiger partial charge in [0.15, 0.2) is 5.78 Å². The summed E-state index contributed by atoms with van der Waals surface area (Å²) in [6, 6.07) is 1.94. The van der Waals surface area contributed by atoms with Gasteiger partial charge >= 0.3 is 0 Å². The van der Waals surface area contributed by atoms with Crippen LogP contribution in [-0.4, -0.2) is 54.0 Å². The van der Waals surface area contributed by atoms with Gasteiger partial charge in [-0.25, -0.2) is 0 Å². The molecule has 6 nitrogen and oxygen atoms in total. The molecule has 3 rings (SSSR count). The average Bonchev–Trinajstić information content (AvgIpc) is 3.17. The van der Waals surface area contributed by atoms with Crippen LogP contribution in [0.1, 0.15) is 32.6 Å². The summed E-state index contributed by atoms with van der Waals surface area (Å²) in [6.45, 7) is 2.36. The average molecular weight is 328 g/mol. The number of halogens is 1. The predicted octanol–water partition coefficient (Wildman–Crippen LogP) is 0.647. The van der Waals surface area contributed by atoms with Crippen molar-refractivity contribution in [2.75, 3.05) is 13.2 Å². The van der Waals surface area contributed by atoms with E-state index in [4.69, 9.17) is 10.00 Å². The Morgan fingerprint density at radius 2 is 2.18 bits per heavy atom. The maximum absolute atomic E-state index is 12.6. The van der Waals surface area contributed by atoms with Gasteiger partial charge in [-0.15, -0.1) is 12.4 Å². The number of carbonyl (C=O) groups excluding carboxylic acids is 2. The summed E-state index contributed by atoms with van der Waals surface area (Å²) < 4.78 is 5.60. The monoisotopic (exact) mass is 327 g/mol. The number of nitriles is 1. The number of hydrogen-bond acceptors (Lipinski definition) is 5. The van der Waals surface area contributed by atoms with Crippen LogP contribution in [0.25, 0.3) is 0 Å². The first-order chi connectivity index (χ1) is 10.1. The quantitative estimate of drug-likeness (QED) is 0.819. The Kier molecular flexibility index (Phi) is 5.43. The van der Waals surface area contributed by atoms with Crippen molar-refractivity contribution in [3.63, 3.8) is 0 Å². The normalized spacial score (nSPS) is 36.0. The van der Waals surface area contributed by atoms with E-state index in [1.807, 2.05) is 0 Å². The number of amides is 1. The van der Waals surface area contributed by atoms with Crippen molar-refractivity contribution in [1.29, 1.82) is 5.26 Å². The van der Waals surface area contributed by atoms with Crippen LogP contribution in [0.3, 0.4) is 0 Å². The Labute approximate surface area is 136 Å². The van der Waals surface area contributed by atoms with Crippen molar-refractivity contribution in [3.05, 3.63) is 0 Å². The van der Waals surface area contributed by atoms with Gasteiger partial charge in [0.2, 0.25) is 5.91 Å². The number of ketones is 1. The Hall–Kier alpha value is -1.16. The number of fused-ring (bicyclic) bond motifs is 2. The van der Waals surface area contributed by atoms with E-state index in [9.17, 15) is 9.59 Å². The zero-order chi connectivity index (χ0) is 15.0. The molecule has 5 atom stereocenters. The molecule has 1 amide bonds. The number of Topliss-reactive ketones (excluding diaryl/α,β-unsaturated/α-hetero) is 1. The van der Waals surface area contributed by atoms with Crippen molar-refractivity contribution in [1.82, 2.24) is 10.2 Å². The second-order valence-electron chi connectivity index (χ2n) is 6.35. The molecule has 0 radical (unpaired) electrons. The molecule has 7 heteroatoms. The molecule has 2 saturated heterocycles. The van der Waals surface area contributed by atoms with Crippen molar-refractivity contribution in [2.24, 2.45) is 5.92 Å². The van der Waals surface area contributed by atoms with E-state index in [0.29, 0.717) is 6.54 Å². The van der Waals surface area contributed by atoms with Gasteiger partial charge in [-0.2, -0.15) is 5.26 Å². The van der Waals surface area contributed by atoms with Crippen LogP contribution in [0.5, 0.6) is 0 Å². The fourth-order valence-electron chi connectivity index (χ4n) is 3.88. The van der Waals surface area contributed by atoms with Crippen LogP contribution >= 0.6 is 12.4 Å². The van der Waals surface area contributed by atoms with Crippen LogP contribution in [0.15, 0.2) is 0 Å². The van der Waals surface area contributed by atoms with Crippen molar-refractivity contribution in [3.8, 4) is 6.07 Å². The molecule has 2 aliphatic heterocycles. The summed E-state index contributed by atoms with van der Waals surface area (Å²) >= 11 is 0. The van der Waals surface area contributed by atoms with E-state index in [2.05, 4.69) is 11.4 Å². The number of hydrogen-bond donors (Lipinski definition) is 1.